The van der Waals surface area contributed by atoms with E-state index in [1.54, 1.807) is 5.01 Å². The van der Waals surface area contributed by atoms with Crippen molar-refractivity contribution in [1.82, 2.24) is 5.01 Å². The van der Waals surface area contributed by atoms with Crippen LogP contribution in [0, 0.1) is 5.41 Å². The van der Waals surface area contributed by atoms with Crippen LogP contribution in [0.3, 0.4) is 0 Å². The molecule has 0 aromatic rings. The van der Waals surface area contributed by atoms with Crippen LogP contribution in [0.1, 0.15) is 20.8 Å². The summed E-state index contributed by atoms with van der Waals surface area (Å²) >= 11 is 0. The molecule has 0 spiro atoms. The molecule has 14 heavy (non-hydrogen) atoms. The highest BCUT2D eigenvalue weighted by Crippen LogP contribution is 2.20. The summed E-state index contributed by atoms with van der Waals surface area (Å²) in [5.74, 6) is 0.835. The zero-order valence-corrected chi connectivity index (χ0v) is 11.8. The smallest absolute Gasteiger partial charge is 0.243 e. The zero-order chi connectivity index (χ0) is 11.6. The predicted octanol–water partition coefficient (Wildman–Crippen LogP) is 2.76. The van der Waals surface area contributed by atoms with Gasteiger partial charge in [-0.2, -0.15) is 0 Å². The fourth-order valence-corrected chi connectivity index (χ4v) is 1.72. The molecule has 84 valence electrons. The highest BCUT2D eigenvalue weighted by molar-refractivity contribution is 6.71. The van der Waals surface area contributed by atoms with Crippen LogP contribution in [-0.4, -0.2) is 33.3 Å². The normalized spacial score (nSPS) is 14.1. The maximum Gasteiger partial charge on any atom is 0.243 e. The molecule has 0 atom stereocenters. The van der Waals surface area contributed by atoms with Gasteiger partial charge >= 0.3 is 0 Å². The summed E-state index contributed by atoms with van der Waals surface area (Å²) in [5.41, 5.74) is -0.0233. The zero-order valence-electron chi connectivity index (χ0n) is 10.8. The third-order valence-corrected chi connectivity index (χ3v) is 2.14. The molecule has 0 amide bonds. The van der Waals surface area contributed by atoms with Crippen molar-refractivity contribution >= 4 is 14.2 Å². The Morgan fingerprint density at radius 2 is 1.57 bits per heavy atom. The molecule has 0 bridgehead atoms. The Hall–Kier alpha value is -0.513. The average molecular weight is 216 g/mol. The van der Waals surface area contributed by atoms with Crippen molar-refractivity contribution in [2.24, 2.45) is 10.5 Å². The van der Waals surface area contributed by atoms with Gasteiger partial charge in [-0.3, -0.25) is 5.01 Å². The van der Waals surface area contributed by atoms with Gasteiger partial charge in [-0.05, 0) is 19.6 Å². The van der Waals surface area contributed by atoms with Crippen LogP contribution in [-0.2, 0) is 4.43 Å². The van der Waals surface area contributed by atoms with Gasteiger partial charge in [0.05, 0.1) is 0 Å². The Labute approximate surface area is 89.3 Å². The van der Waals surface area contributed by atoms with Crippen molar-refractivity contribution < 1.29 is 4.43 Å². The molecule has 0 aromatic heterocycles. The van der Waals surface area contributed by atoms with Crippen molar-refractivity contribution in [3.05, 3.63) is 0 Å². The summed E-state index contributed by atoms with van der Waals surface area (Å²) < 4.78 is 5.96. The highest BCUT2D eigenvalue weighted by Gasteiger charge is 2.27. The average Bonchev–Trinajstić information content (AvgIpc) is 1.78. The standard InChI is InChI=1S/C10H24N2OSi/c1-10(2,3)9(11-12(4)5)13-14(6,7)8/h1-8H3/b11-9+. The van der Waals surface area contributed by atoms with E-state index in [1.165, 1.54) is 0 Å². The van der Waals surface area contributed by atoms with Gasteiger partial charge in [-0.1, -0.05) is 20.8 Å². The van der Waals surface area contributed by atoms with Crippen molar-refractivity contribution in [3.8, 4) is 0 Å². The molecule has 0 aliphatic heterocycles. The molecule has 0 aliphatic carbocycles. The molecule has 0 aromatic carbocycles. The Morgan fingerprint density at radius 1 is 1.14 bits per heavy atom. The van der Waals surface area contributed by atoms with E-state index < -0.39 is 8.32 Å². The number of rotatable bonds is 2. The summed E-state index contributed by atoms with van der Waals surface area (Å²) in [4.78, 5) is 0. The second-order valence-electron chi connectivity index (χ2n) is 5.72. The van der Waals surface area contributed by atoms with Gasteiger partial charge in [0.25, 0.3) is 0 Å². The minimum atomic E-state index is -1.55. The van der Waals surface area contributed by atoms with Gasteiger partial charge in [0.1, 0.15) is 0 Å². The van der Waals surface area contributed by atoms with Gasteiger partial charge in [0.15, 0.2) is 5.90 Å². The van der Waals surface area contributed by atoms with Crippen LogP contribution in [0.25, 0.3) is 0 Å². The molecule has 0 rings (SSSR count). The van der Waals surface area contributed by atoms with Crippen molar-refractivity contribution in [2.45, 2.75) is 40.4 Å². The van der Waals surface area contributed by atoms with E-state index in [0.717, 1.165) is 5.90 Å². The molecule has 0 saturated carbocycles. The van der Waals surface area contributed by atoms with Crippen molar-refractivity contribution in [2.75, 3.05) is 14.1 Å². The largest absolute Gasteiger partial charge is 0.533 e. The second kappa shape index (κ2) is 4.34. The van der Waals surface area contributed by atoms with E-state index in [-0.39, 0.29) is 5.41 Å². The molecule has 0 fully saturated rings. The van der Waals surface area contributed by atoms with E-state index in [9.17, 15) is 0 Å². The van der Waals surface area contributed by atoms with Gasteiger partial charge in [0, 0.05) is 19.5 Å². The lowest BCUT2D eigenvalue weighted by Gasteiger charge is -2.29. The Kier molecular flexibility index (Phi) is 4.18. The quantitative estimate of drug-likeness (QED) is 0.307. The number of hydrogen-bond donors (Lipinski definition) is 0. The Balaban J connectivity index is 4.77. The molecule has 4 heteroatoms. The minimum Gasteiger partial charge on any atom is -0.533 e. The van der Waals surface area contributed by atoms with Gasteiger partial charge in [-0.25, -0.2) is 0 Å². The number of hydrazone groups is 1. The predicted molar refractivity (Wildman–Crippen MR) is 65.0 cm³/mol. The van der Waals surface area contributed by atoms with E-state index in [4.69, 9.17) is 4.43 Å². The fourth-order valence-electron chi connectivity index (χ4n) is 0.795. The maximum atomic E-state index is 5.96. The minimum absolute atomic E-state index is 0.0233. The van der Waals surface area contributed by atoms with Gasteiger partial charge in [0.2, 0.25) is 8.32 Å². The first-order valence-corrected chi connectivity index (χ1v) is 8.38. The van der Waals surface area contributed by atoms with E-state index in [0.29, 0.717) is 0 Å². The van der Waals surface area contributed by atoms with Crippen molar-refractivity contribution in [1.29, 1.82) is 0 Å². The molecular weight excluding hydrogens is 192 g/mol. The first kappa shape index (κ1) is 13.5. The first-order chi connectivity index (χ1) is 6.02. The SMILES string of the molecule is CN(C)/N=C(/O[Si](C)(C)C)C(C)(C)C. The Bertz CT molecular complexity index is 211. The second-order valence-corrected chi connectivity index (χ2v) is 10.1. The van der Waals surface area contributed by atoms with Crippen molar-refractivity contribution in [3.63, 3.8) is 0 Å². The van der Waals surface area contributed by atoms with E-state index in [1.807, 2.05) is 14.1 Å². The summed E-state index contributed by atoms with van der Waals surface area (Å²) in [6, 6.07) is 0. The summed E-state index contributed by atoms with van der Waals surface area (Å²) in [6.45, 7) is 12.9. The third kappa shape index (κ3) is 6.02. The molecule has 0 aliphatic rings. The lowest BCUT2D eigenvalue weighted by molar-refractivity contribution is 0.367. The van der Waals surface area contributed by atoms with Crippen LogP contribution in [0.4, 0.5) is 0 Å². The van der Waals surface area contributed by atoms with Crippen LogP contribution in [0.2, 0.25) is 19.6 Å². The molecule has 0 unspecified atom stereocenters. The third-order valence-electron chi connectivity index (χ3n) is 1.34. The molecular formula is C10H24N2OSi. The van der Waals surface area contributed by atoms with Crippen LogP contribution < -0.4 is 0 Å². The van der Waals surface area contributed by atoms with Gasteiger partial charge < -0.3 is 4.43 Å². The highest BCUT2D eigenvalue weighted by atomic mass is 28.4. The molecule has 0 radical (unpaired) electrons. The number of nitrogens with zero attached hydrogens (tertiary/aromatic N) is 2. The van der Waals surface area contributed by atoms with E-state index >= 15 is 0 Å². The Morgan fingerprint density at radius 3 is 1.79 bits per heavy atom. The van der Waals surface area contributed by atoms with E-state index in [2.05, 4.69) is 45.5 Å². The summed E-state index contributed by atoms with van der Waals surface area (Å²) in [7, 11) is 2.28. The van der Waals surface area contributed by atoms with Crippen LogP contribution >= 0.6 is 0 Å². The lowest BCUT2D eigenvalue weighted by atomic mass is 9.97. The lowest BCUT2D eigenvalue weighted by Crippen LogP contribution is -2.36. The molecule has 0 N–H and O–H groups in total. The first-order valence-electron chi connectivity index (χ1n) is 4.98. The molecule has 3 nitrogen and oxygen atoms in total. The molecule has 0 heterocycles. The maximum absolute atomic E-state index is 5.96. The van der Waals surface area contributed by atoms with Crippen LogP contribution in [0.15, 0.2) is 5.10 Å². The van der Waals surface area contributed by atoms with Crippen LogP contribution in [0.5, 0.6) is 0 Å². The summed E-state index contributed by atoms with van der Waals surface area (Å²) in [5, 5.41) is 6.19. The van der Waals surface area contributed by atoms with Gasteiger partial charge in [-0.15, -0.1) is 5.10 Å². The summed E-state index contributed by atoms with van der Waals surface area (Å²) in [6.07, 6.45) is 0. The number of hydrogen-bond acceptors (Lipinski definition) is 3. The molecule has 0 saturated heterocycles. The fraction of sp³-hybridized carbons (Fsp3) is 0.900. The monoisotopic (exact) mass is 216 g/mol. The topological polar surface area (TPSA) is 24.8 Å².